The lowest BCUT2D eigenvalue weighted by atomic mass is 10.1. The predicted molar refractivity (Wildman–Crippen MR) is 70.0 cm³/mol. The van der Waals surface area contributed by atoms with E-state index in [-0.39, 0.29) is 18.5 Å². The fourth-order valence-electron chi connectivity index (χ4n) is 1.75. The highest BCUT2D eigenvalue weighted by Gasteiger charge is 2.15. The van der Waals surface area contributed by atoms with E-state index in [1.165, 1.54) is 0 Å². The lowest BCUT2D eigenvalue weighted by Gasteiger charge is -2.22. The van der Waals surface area contributed by atoms with Gasteiger partial charge in [0.25, 0.3) is 0 Å². The van der Waals surface area contributed by atoms with Gasteiger partial charge >= 0.3 is 6.01 Å². The Morgan fingerprint density at radius 3 is 3.18 bits per heavy atom. The molecule has 0 aromatic carbocycles. The molecule has 1 unspecified atom stereocenters. The molecule has 5 nitrogen and oxygen atoms in total. The highest BCUT2D eigenvalue weighted by Crippen LogP contribution is 2.12. The lowest BCUT2D eigenvalue weighted by molar-refractivity contribution is 0.153. The summed E-state index contributed by atoms with van der Waals surface area (Å²) in [6.45, 7) is 4.85. The molecular weight excluding hydrogens is 240 g/mol. The number of aromatic nitrogens is 2. The zero-order valence-electron chi connectivity index (χ0n) is 9.98. The van der Waals surface area contributed by atoms with E-state index < -0.39 is 0 Å². The monoisotopic (exact) mass is 258 g/mol. The Bertz CT molecular complexity index is 331. The number of hydrogen-bond donors (Lipinski definition) is 2. The average molecular weight is 259 g/mol. The molecule has 96 valence electrons. The first-order chi connectivity index (χ1) is 7.88. The van der Waals surface area contributed by atoms with Crippen molar-refractivity contribution in [2.75, 3.05) is 25.0 Å². The second kappa shape index (κ2) is 7.29. The number of hydrogen-bond acceptors (Lipinski definition) is 5. The van der Waals surface area contributed by atoms with Crippen molar-refractivity contribution >= 4 is 18.2 Å². The number of rotatable bonds is 4. The van der Waals surface area contributed by atoms with Gasteiger partial charge in [-0.05, 0) is 32.4 Å². The van der Waals surface area contributed by atoms with Crippen LogP contribution in [0.25, 0.3) is 0 Å². The minimum absolute atomic E-state index is 0. The minimum atomic E-state index is 0. The van der Waals surface area contributed by atoms with Crippen LogP contribution < -0.4 is 15.4 Å². The molecule has 0 aliphatic carbocycles. The van der Waals surface area contributed by atoms with Gasteiger partial charge in [0.05, 0.1) is 0 Å². The van der Waals surface area contributed by atoms with Crippen LogP contribution in [-0.2, 0) is 0 Å². The van der Waals surface area contributed by atoms with Crippen molar-refractivity contribution < 1.29 is 4.74 Å². The molecule has 2 N–H and O–H groups in total. The second-order valence-corrected chi connectivity index (χ2v) is 3.84. The maximum Gasteiger partial charge on any atom is 0.318 e. The summed E-state index contributed by atoms with van der Waals surface area (Å²) in [7, 11) is 0. The zero-order chi connectivity index (χ0) is 11.2. The van der Waals surface area contributed by atoms with Gasteiger partial charge in [0, 0.05) is 19.3 Å². The van der Waals surface area contributed by atoms with Crippen LogP contribution in [0, 0.1) is 0 Å². The zero-order valence-corrected chi connectivity index (χ0v) is 10.8. The quantitative estimate of drug-likeness (QED) is 0.856. The molecule has 1 aromatic heterocycles. The maximum absolute atomic E-state index is 5.72. The van der Waals surface area contributed by atoms with E-state index >= 15 is 0 Å². The molecule has 2 heterocycles. The molecule has 0 bridgehead atoms. The highest BCUT2D eigenvalue weighted by molar-refractivity contribution is 5.85. The molecule has 17 heavy (non-hydrogen) atoms. The average Bonchev–Trinajstić information content (AvgIpc) is 2.31. The van der Waals surface area contributed by atoms with Gasteiger partial charge in [0.2, 0.25) is 0 Å². The Hall–Kier alpha value is -1.07. The third-order valence-corrected chi connectivity index (χ3v) is 2.52. The number of nitrogens with zero attached hydrogens (tertiary/aromatic N) is 2. The molecule has 0 radical (unpaired) electrons. The smallest absolute Gasteiger partial charge is 0.318 e. The molecule has 1 atom stereocenters. The molecule has 1 aliphatic heterocycles. The van der Waals surface area contributed by atoms with Crippen molar-refractivity contribution in [2.45, 2.75) is 25.9 Å². The molecule has 1 aliphatic rings. The number of halogens is 1. The van der Waals surface area contributed by atoms with Crippen LogP contribution in [0.1, 0.15) is 19.8 Å². The van der Waals surface area contributed by atoms with Gasteiger partial charge in [-0.3, -0.25) is 0 Å². The first-order valence-corrected chi connectivity index (χ1v) is 5.83. The van der Waals surface area contributed by atoms with Gasteiger partial charge in [0.15, 0.2) is 0 Å². The fourth-order valence-corrected chi connectivity index (χ4v) is 1.75. The van der Waals surface area contributed by atoms with Crippen molar-refractivity contribution in [3.63, 3.8) is 0 Å². The van der Waals surface area contributed by atoms with Crippen molar-refractivity contribution in [3.05, 3.63) is 12.3 Å². The first-order valence-electron chi connectivity index (χ1n) is 5.83. The Morgan fingerprint density at radius 1 is 1.59 bits per heavy atom. The number of piperidine rings is 1. The van der Waals surface area contributed by atoms with Crippen LogP contribution >= 0.6 is 12.4 Å². The van der Waals surface area contributed by atoms with E-state index in [1.807, 2.05) is 13.0 Å². The van der Waals surface area contributed by atoms with E-state index in [4.69, 9.17) is 4.74 Å². The summed E-state index contributed by atoms with van der Waals surface area (Å²) in [6.07, 6.45) is 4.14. The van der Waals surface area contributed by atoms with Gasteiger partial charge in [-0.1, -0.05) is 0 Å². The third kappa shape index (κ3) is 4.36. The van der Waals surface area contributed by atoms with Gasteiger partial charge in [-0.25, -0.2) is 4.98 Å². The van der Waals surface area contributed by atoms with E-state index in [0.717, 1.165) is 38.3 Å². The third-order valence-electron chi connectivity index (χ3n) is 2.52. The Kier molecular flexibility index (Phi) is 6.00. The lowest BCUT2D eigenvalue weighted by Crippen LogP contribution is -2.37. The summed E-state index contributed by atoms with van der Waals surface area (Å²) in [5.41, 5.74) is 0. The van der Waals surface area contributed by atoms with Gasteiger partial charge < -0.3 is 15.4 Å². The highest BCUT2D eigenvalue weighted by atomic mass is 35.5. The fraction of sp³-hybridized carbons (Fsp3) is 0.636. The summed E-state index contributed by atoms with van der Waals surface area (Å²) >= 11 is 0. The van der Waals surface area contributed by atoms with Crippen molar-refractivity contribution in [1.29, 1.82) is 0 Å². The van der Waals surface area contributed by atoms with Crippen LogP contribution in [0.15, 0.2) is 12.3 Å². The van der Waals surface area contributed by atoms with Gasteiger partial charge in [-0.15, -0.1) is 12.4 Å². The van der Waals surface area contributed by atoms with Crippen molar-refractivity contribution in [1.82, 2.24) is 15.3 Å². The molecule has 2 rings (SSSR count). The molecular formula is C11H19ClN4O. The Labute approximate surface area is 108 Å². The van der Waals surface area contributed by atoms with Crippen LogP contribution in [0.2, 0.25) is 0 Å². The Balaban J connectivity index is 0.00000144. The first kappa shape index (κ1) is 14.0. The molecule has 1 fully saturated rings. The van der Waals surface area contributed by atoms with E-state index in [0.29, 0.717) is 6.01 Å². The summed E-state index contributed by atoms with van der Waals surface area (Å²) in [4.78, 5) is 8.40. The summed E-state index contributed by atoms with van der Waals surface area (Å²) in [5, 5.41) is 6.44. The second-order valence-electron chi connectivity index (χ2n) is 3.84. The summed E-state index contributed by atoms with van der Waals surface area (Å²) in [5.74, 6) is 0.816. The number of ether oxygens (including phenoxy) is 1. The van der Waals surface area contributed by atoms with Crippen molar-refractivity contribution in [2.24, 2.45) is 0 Å². The molecule has 6 heteroatoms. The molecule has 0 saturated carbocycles. The van der Waals surface area contributed by atoms with Crippen LogP contribution in [-0.4, -0.2) is 35.7 Å². The minimum Gasteiger partial charge on any atom is -0.459 e. The molecule has 0 spiro atoms. The topological polar surface area (TPSA) is 59.1 Å². The molecule has 1 saturated heterocycles. The van der Waals surface area contributed by atoms with E-state index in [2.05, 4.69) is 20.6 Å². The summed E-state index contributed by atoms with van der Waals surface area (Å²) < 4.78 is 5.72. The van der Waals surface area contributed by atoms with Crippen LogP contribution in [0.5, 0.6) is 6.01 Å². The van der Waals surface area contributed by atoms with Gasteiger partial charge in [0.1, 0.15) is 11.9 Å². The summed E-state index contributed by atoms with van der Waals surface area (Å²) in [6, 6.07) is 2.31. The predicted octanol–water partition coefficient (Wildman–Crippen LogP) is 1.46. The van der Waals surface area contributed by atoms with Gasteiger partial charge in [-0.2, -0.15) is 4.98 Å². The van der Waals surface area contributed by atoms with Crippen molar-refractivity contribution in [3.8, 4) is 6.01 Å². The normalized spacial score (nSPS) is 19.2. The number of nitrogens with one attached hydrogen (secondary N) is 2. The SMILES string of the molecule is CCNc1ccnc(OC2CCCNC2)n1.Cl. The van der Waals surface area contributed by atoms with Crippen LogP contribution in [0.3, 0.4) is 0 Å². The number of anilines is 1. The molecule has 0 amide bonds. The van der Waals surface area contributed by atoms with Crippen LogP contribution in [0.4, 0.5) is 5.82 Å². The largest absolute Gasteiger partial charge is 0.459 e. The standard InChI is InChI=1S/C11H18N4O.ClH/c1-2-13-10-5-7-14-11(15-10)16-9-4-3-6-12-8-9;/h5,7,9,12H,2-4,6,8H2,1H3,(H,13,14,15);1H. The van der Waals surface area contributed by atoms with E-state index in [1.54, 1.807) is 6.20 Å². The maximum atomic E-state index is 5.72. The molecule has 1 aromatic rings. The van der Waals surface area contributed by atoms with E-state index in [9.17, 15) is 0 Å². The Morgan fingerprint density at radius 2 is 2.47 bits per heavy atom.